The molecule has 0 bridgehead atoms. The number of nitrogens with two attached hydrogens (primary N) is 1. The molecule has 1 aliphatic heterocycles. The van der Waals surface area contributed by atoms with E-state index in [9.17, 15) is 14.4 Å². The highest BCUT2D eigenvalue weighted by Crippen LogP contribution is 2.33. The summed E-state index contributed by atoms with van der Waals surface area (Å²) in [6.45, 7) is 7.78. The quantitative estimate of drug-likeness (QED) is 0.749. The molecular formula is C17H25N3O4S. The molecule has 0 radical (unpaired) electrons. The predicted molar refractivity (Wildman–Crippen MR) is 97.0 cm³/mol. The third-order valence-corrected chi connectivity index (χ3v) is 5.57. The highest BCUT2D eigenvalue weighted by atomic mass is 32.1. The molecule has 7 nitrogen and oxygen atoms in total. The standard InChI is InChI=1S/C17H25N3O4S/c1-4-24-17(23)13-11(3)14(15(18)22)25-16(13)19-12(21)9-20-7-5-10(2)6-8-20/h10H,4-9H2,1-3H3,(H2,18,22)(H,19,21). The lowest BCUT2D eigenvalue weighted by Crippen LogP contribution is -2.38. The molecule has 0 atom stereocenters. The number of amides is 2. The minimum absolute atomic E-state index is 0.208. The van der Waals surface area contributed by atoms with Gasteiger partial charge >= 0.3 is 5.97 Å². The summed E-state index contributed by atoms with van der Waals surface area (Å²) < 4.78 is 5.04. The second-order valence-corrected chi connectivity index (χ2v) is 7.37. The van der Waals surface area contributed by atoms with Gasteiger partial charge in [0.25, 0.3) is 5.91 Å². The molecule has 2 rings (SSSR count). The summed E-state index contributed by atoms with van der Waals surface area (Å²) in [5.74, 6) is -0.713. The number of esters is 1. The first-order chi connectivity index (χ1) is 11.8. The van der Waals surface area contributed by atoms with Crippen molar-refractivity contribution in [2.75, 3.05) is 31.6 Å². The summed E-state index contributed by atoms with van der Waals surface area (Å²) in [5.41, 5.74) is 6.01. The van der Waals surface area contributed by atoms with E-state index in [-0.39, 0.29) is 29.5 Å². The molecule has 138 valence electrons. The lowest BCUT2D eigenvalue weighted by atomic mass is 9.99. The zero-order chi connectivity index (χ0) is 18.6. The van der Waals surface area contributed by atoms with Gasteiger partial charge in [-0.15, -0.1) is 11.3 Å². The van der Waals surface area contributed by atoms with Crippen LogP contribution in [0.4, 0.5) is 5.00 Å². The Labute approximate surface area is 151 Å². The van der Waals surface area contributed by atoms with Gasteiger partial charge < -0.3 is 15.8 Å². The third-order valence-electron chi connectivity index (χ3n) is 4.35. The average Bonchev–Trinajstić information content (AvgIpc) is 2.86. The summed E-state index contributed by atoms with van der Waals surface area (Å²) >= 11 is 1.01. The van der Waals surface area contributed by atoms with Gasteiger partial charge in [-0.3, -0.25) is 14.5 Å². The number of likely N-dealkylation sites (tertiary alicyclic amines) is 1. The second-order valence-electron chi connectivity index (χ2n) is 6.35. The molecule has 25 heavy (non-hydrogen) atoms. The van der Waals surface area contributed by atoms with Crippen LogP contribution in [-0.2, 0) is 9.53 Å². The van der Waals surface area contributed by atoms with Crippen molar-refractivity contribution in [3.8, 4) is 0 Å². The van der Waals surface area contributed by atoms with Gasteiger partial charge in [0, 0.05) is 0 Å². The van der Waals surface area contributed by atoms with Crippen LogP contribution < -0.4 is 11.1 Å². The molecule has 1 aromatic heterocycles. The lowest BCUT2D eigenvalue weighted by Gasteiger charge is -2.29. The molecule has 8 heteroatoms. The van der Waals surface area contributed by atoms with Crippen molar-refractivity contribution in [3.63, 3.8) is 0 Å². The first-order valence-electron chi connectivity index (χ1n) is 8.46. The van der Waals surface area contributed by atoms with E-state index in [0.717, 1.165) is 37.3 Å². The van der Waals surface area contributed by atoms with Crippen LogP contribution in [0, 0.1) is 12.8 Å². The van der Waals surface area contributed by atoms with Crippen LogP contribution >= 0.6 is 11.3 Å². The van der Waals surface area contributed by atoms with E-state index in [2.05, 4.69) is 17.1 Å². The molecule has 2 heterocycles. The number of nitrogens with one attached hydrogen (secondary N) is 1. The number of ether oxygens (including phenoxy) is 1. The van der Waals surface area contributed by atoms with Crippen molar-refractivity contribution < 1.29 is 19.1 Å². The van der Waals surface area contributed by atoms with Gasteiger partial charge in [-0.25, -0.2) is 4.79 Å². The normalized spacial score (nSPS) is 15.8. The van der Waals surface area contributed by atoms with E-state index in [1.165, 1.54) is 0 Å². The summed E-state index contributed by atoms with van der Waals surface area (Å²) in [6, 6.07) is 0. The Balaban J connectivity index is 2.14. The minimum Gasteiger partial charge on any atom is -0.462 e. The highest BCUT2D eigenvalue weighted by molar-refractivity contribution is 7.18. The van der Waals surface area contributed by atoms with Gasteiger partial charge in [0.2, 0.25) is 5.91 Å². The van der Waals surface area contributed by atoms with Crippen LogP contribution in [0.2, 0.25) is 0 Å². The van der Waals surface area contributed by atoms with E-state index < -0.39 is 11.9 Å². The number of carbonyl (C=O) groups excluding carboxylic acids is 3. The molecule has 0 aliphatic carbocycles. The first-order valence-corrected chi connectivity index (χ1v) is 9.27. The van der Waals surface area contributed by atoms with Crippen LogP contribution in [-0.4, -0.2) is 48.9 Å². The number of hydrogen-bond acceptors (Lipinski definition) is 6. The van der Waals surface area contributed by atoms with Gasteiger partial charge in [0.15, 0.2) is 0 Å². The minimum atomic E-state index is -0.626. The van der Waals surface area contributed by atoms with Gasteiger partial charge in [0.05, 0.1) is 23.6 Å². The first kappa shape index (κ1) is 19.4. The monoisotopic (exact) mass is 367 g/mol. The molecule has 0 unspecified atom stereocenters. The Hall–Kier alpha value is -1.93. The fourth-order valence-corrected chi connectivity index (χ4v) is 3.94. The molecule has 0 spiro atoms. The van der Waals surface area contributed by atoms with Crippen LogP contribution in [0.1, 0.15) is 52.3 Å². The molecule has 1 aliphatic rings. The molecule has 1 fully saturated rings. The molecule has 3 N–H and O–H groups in total. The second kappa shape index (κ2) is 8.44. The largest absolute Gasteiger partial charge is 0.462 e. The maximum Gasteiger partial charge on any atom is 0.341 e. The smallest absolute Gasteiger partial charge is 0.341 e. The lowest BCUT2D eigenvalue weighted by molar-refractivity contribution is -0.117. The van der Waals surface area contributed by atoms with Gasteiger partial charge in [-0.05, 0) is 51.3 Å². The number of rotatable bonds is 6. The summed E-state index contributed by atoms with van der Waals surface area (Å²) in [4.78, 5) is 38.5. The third kappa shape index (κ3) is 4.79. The van der Waals surface area contributed by atoms with E-state index in [1.54, 1.807) is 13.8 Å². The maximum absolute atomic E-state index is 12.4. The average molecular weight is 367 g/mol. The number of piperidine rings is 1. The SMILES string of the molecule is CCOC(=O)c1c(NC(=O)CN2CCC(C)CC2)sc(C(N)=O)c1C. The van der Waals surface area contributed by atoms with E-state index in [0.29, 0.717) is 16.5 Å². The summed E-state index contributed by atoms with van der Waals surface area (Å²) in [6.07, 6.45) is 2.15. The molecule has 1 saturated heterocycles. The molecule has 1 aromatic rings. The molecule has 2 amide bonds. The van der Waals surface area contributed by atoms with E-state index in [1.807, 2.05) is 0 Å². The van der Waals surface area contributed by atoms with E-state index in [4.69, 9.17) is 10.5 Å². The Morgan fingerprint density at radius 1 is 1.32 bits per heavy atom. The van der Waals surface area contributed by atoms with Gasteiger partial charge in [-0.2, -0.15) is 0 Å². The van der Waals surface area contributed by atoms with Crippen LogP contribution in [0.25, 0.3) is 0 Å². The number of hydrogen-bond donors (Lipinski definition) is 2. The van der Waals surface area contributed by atoms with Crippen LogP contribution in [0.5, 0.6) is 0 Å². The number of anilines is 1. The van der Waals surface area contributed by atoms with Gasteiger partial charge in [-0.1, -0.05) is 6.92 Å². The van der Waals surface area contributed by atoms with Crippen molar-refractivity contribution >= 4 is 34.1 Å². The topological polar surface area (TPSA) is 102 Å². The van der Waals surface area contributed by atoms with Crippen molar-refractivity contribution in [2.45, 2.75) is 33.6 Å². The summed E-state index contributed by atoms with van der Waals surface area (Å²) in [7, 11) is 0. The predicted octanol–water partition coefficient (Wildman–Crippen LogP) is 2.00. The molecule has 0 aromatic carbocycles. The van der Waals surface area contributed by atoms with Gasteiger partial charge in [0.1, 0.15) is 5.00 Å². The summed E-state index contributed by atoms with van der Waals surface area (Å²) in [5, 5.41) is 3.07. The fourth-order valence-electron chi connectivity index (χ4n) is 2.88. The Morgan fingerprint density at radius 2 is 1.96 bits per heavy atom. The number of nitrogens with zero attached hydrogens (tertiary/aromatic N) is 1. The van der Waals surface area contributed by atoms with Crippen molar-refractivity contribution in [2.24, 2.45) is 11.7 Å². The Kier molecular flexibility index (Phi) is 6.55. The van der Waals surface area contributed by atoms with Crippen LogP contribution in [0.3, 0.4) is 0 Å². The highest BCUT2D eigenvalue weighted by Gasteiger charge is 2.26. The Bertz CT molecular complexity index is 663. The molecule has 0 saturated carbocycles. The van der Waals surface area contributed by atoms with E-state index >= 15 is 0 Å². The maximum atomic E-state index is 12.4. The van der Waals surface area contributed by atoms with Crippen LogP contribution in [0.15, 0.2) is 0 Å². The van der Waals surface area contributed by atoms with Crippen molar-refractivity contribution in [3.05, 3.63) is 16.0 Å². The zero-order valence-electron chi connectivity index (χ0n) is 14.9. The number of carbonyl (C=O) groups is 3. The van der Waals surface area contributed by atoms with Crippen molar-refractivity contribution in [1.29, 1.82) is 0 Å². The molecular weight excluding hydrogens is 342 g/mol. The zero-order valence-corrected chi connectivity index (χ0v) is 15.7. The number of primary amides is 1. The number of thiophene rings is 1. The fraction of sp³-hybridized carbons (Fsp3) is 0.588. The Morgan fingerprint density at radius 3 is 2.52 bits per heavy atom. The van der Waals surface area contributed by atoms with Crippen molar-refractivity contribution in [1.82, 2.24) is 4.90 Å².